The van der Waals surface area contributed by atoms with Gasteiger partial charge in [-0.25, -0.2) is 9.07 Å². The molecule has 0 saturated carbocycles. The molecule has 13 heteroatoms. The molecule has 2 aliphatic rings. The molecule has 1 saturated heterocycles. The molecule has 4 aromatic rings. The average molecular weight is 631 g/mol. The first-order valence-corrected chi connectivity index (χ1v) is 14.5. The van der Waals surface area contributed by atoms with Crippen molar-refractivity contribution in [3.05, 3.63) is 113 Å². The Morgan fingerprint density at radius 2 is 1.76 bits per heavy atom. The lowest BCUT2D eigenvalue weighted by Crippen LogP contribution is -2.56. The lowest BCUT2D eigenvalue weighted by atomic mass is 9.80. The molecule has 1 fully saturated rings. The summed E-state index contributed by atoms with van der Waals surface area (Å²) in [6, 6.07) is 17.7. The van der Waals surface area contributed by atoms with E-state index in [1.807, 2.05) is 0 Å². The van der Waals surface area contributed by atoms with E-state index in [2.05, 4.69) is 16.5 Å². The number of amides is 3. The molecule has 0 bridgehead atoms. The Bertz CT molecular complexity index is 1870. The third-order valence-electron chi connectivity index (χ3n) is 8.25. The number of anilines is 1. The number of nitrogens with zero attached hydrogens (tertiary/aromatic N) is 5. The molecule has 6 rings (SSSR count). The first kappa shape index (κ1) is 30.5. The zero-order valence-corrected chi connectivity index (χ0v) is 24.3. The maximum absolute atomic E-state index is 14.3. The highest BCUT2D eigenvalue weighted by molar-refractivity contribution is 6.07. The van der Waals surface area contributed by atoms with E-state index in [-0.39, 0.29) is 29.2 Å². The Labute approximate surface area is 260 Å². The van der Waals surface area contributed by atoms with Gasteiger partial charge in [-0.2, -0.15) is 23.5 Å². The molecule has 3 amide bonds. The Morgan fingerprint density at radius 1 is 1.04 bits per heavy atom. The van der Waals surface area contributed by atoms with Crippen LogP contribution in [0.15, 0.2) is 78.9 Å². The summed E-state index contributed by atoms with van der Waals surface area (Å²) < 4.78 is 56.0. The molecule has 9 nitrogen and oxygen atoms in total. The van der Waals surface area contributed by atoms with Gasteiger partial charge in [0.15, 0.2) is 5.69 Å². The zero-order chi connectivity index (χ0) is 32.7. The van der Waals surface area contributed by atoms with E-state index in [4.69, 9.17) is 0 Å². The quantitative estimate of drug-likeness (QED) is 0.300. The van der Waals surface area contributed by atoms with E-state index in [1.54, 1.807) is 37.3 Å². The maximum Gasteiger partial charge on any atom is 0.416 e. The van der Waals surface area contributed by atoms with E-state index in [9.17, 15) is 37.2 Å². The van der Waals surface area contributed by atoms with E-state index in [0.717, 1.165) is 12.1 Å². The van der Waals surface area contributed by atoms with Crippen LogP contribution in [0.25, 0.3) is 5.69 Å². The number of hydrogen-bond donors (Lipinski definition) is 1. The summed E-state index contributed by atoms with van der Waals surface area (Å²) in [5.41, 5.74) is -0.321. The van der Waals surface area contributed by atoms with Crippen molar-refractivity contribution in [2.24, 2.45) is 0 Å². The van der Waals surface area contributed by atoms with Crippen LogP contribution < -0.4 is 10.2 Å². The number of carbonyl (C=O) groups excluding carboxylic acids is 3. The van der Waals surface area contributed by atoms with Crippen molar-refractivity contribution in [2.45, 2.75) is 37.5 Å². The van der Waals surface area contributed by atoms with Crippen molar-refractivity contribution in [2.75, 3.05) is 18.0 Å². The van der Waals surface area contributed by atoms with Crippen LogP contribution in [0.3, 0.4) is 0 Å². The maximum atomic E-state index is 14.3. The van der Waals surface area contributed by atoms with Gasteiger partial charge in [-0.3, -0.25) is 19.3 Å². The van der Waals surface area contributed by atoms with Crippen molar-refractivity contribution >= 4 is 23.5 Å². The minimum absolute atomic E-state index is 0.0719. The van der Waals surface area contributed by atoms with Crippen molar-refractivity contribution < 1.29 is 31.9 Å². The molecule has 2 aliphatic heterocycles. The molecule has 3 aromatic carbocycles. The predicted octanol–water partition coefficient (Wildman–Crippen LogP) is 5.07. The number of rotatable bonds is 6. The van der Waals surface area contributed by atoms with Crippen LogP contribution in [0.1, 0.15) is 56.8 Å². The molecule has 3 heterocycles. The smallest absolute Gasteiger partial charge is 0.339 e. The number of benzene rings is 3. The summed E-state index contributed by atoms with van der Waals surface area (Å²) in [6.45, 7) is 2.07. The SMILES string of the molecule is CCN1C(=O)[C@H](NC(=O)c2cccc(C(F)(F)F)c2)[C@H](c2ccc(F)cc2)c2c(C(=O)N3CC[C@H]3C#N)nn(-c3ccccc3)c21. The number of alkyl halides is 3. The number of para-hydroxylation sites is 1. The molecule has 1 aromatic heterocycles. The van der Waals surface area contributed by atoms with Gasteiger partial charge in [0, 0.05) is 30.1 Å². The number of nitrogens with one attached hydrogen (secondary N) is 1. The largest absolute Gasteiger partial charge is 0.416 e. The highest BCUT2D eigenvalue weighted by Gasteiger charge is 2.48. The molecule has 0 radical (unpaired) electrons. The third-order valence-corrected chi connectivity index (χ3v) is 8.25. The Hall–Kier alpha value is -5.51. The monoisotopic (exact) mass is 630 g/mol. The highest BCUT2D eigenvalue weighted by atomic mass is 19.4. The molecule has 1 N–H and O–H groups in total. The standard InChI is InChI=1S/C33H26F4N6O3/c1-2-41-30-26(28(32(46)42-16-15-24(42)18-38)40-43(30)23-9-4-3-5-10-23)25(19-11-13-22(34)14-12-19)27(31(41)45)39-29(44)20-7-6-8-21(17-20)33(35,36)37/h3-14,17,24-25,27H,2,15-16H2,1H3,(H,39,44)/t24-,25+,27+/m0/s1. The molecular weight excluding hydrogens is 604 g/mol. The minimum Gasteiger partial charge on any atom is -0.339 e. The Balaban J connectivity index is 1.56. The van der Waals surface area contributed by atoms with E-state index in [0.29, 0.717) is 30.3 Å². The van der Waals surface area contributed by atoms with Gasteiger partial charge in [-0.1, -0.05) is 36.4 Å². The average Bonchev–Trinajstić information content (AvgIpc) is 3.42. The van der Waals surface area contributed by atoms with E-state index in [1.165, 1.54) is 44.8 Å². The Morgan fingerprint density at radius 3 is 2.37 bits per heavy atom. The van der Waals surface area contributed by atoms with Gasteiger partial charge in [-0.05, 0) is 61.4 Å². The lowest BCUT2D eigenvalue weighted by Gasteiger charge is -2.39. The van der Waals surface area contributed by atoms with Crippen molar-refractivity contribution in [1.29, 1.82) is 5.26 Å². The van der Waals surface area contributed by atoms with E-state index >= 15 is 0 Å². The highest BCUT2D eigenvalue weighted by Crippen LogP contribution is 2.44. The van der Waals surface area contributed by atoms with Crippen molar-refractivity contribution in [1.82, 2.24) is 20.0 Å². The number of likely N-dealkylation sites (N-methyl/N-ethyl adjacent to an activating group) is 1. The summed E-state index contributed by atoms with van der Waals surface area (Å²) in [4.78, 5) is 44.6. The van der Waals surface area contributed by atoms with Gasteiger partial charge >= 0.3 is 6.18 Å². The van der Waals surface area contributed by atoms with Gasteiger partial charge in [-0.15, -0.1) is 0 Å². The summed E-state index contributed by atoms with van der Waals surface area (Å²) in [5.74, 6) is -3.57. The van der Waals surface area contributed by atoms with Gasteiger partial charge in [0.2, 0.25) is 0 Å². The van der Waals surface area contributed by atoms with Crippen LogP contribution >= 0.6 is 0 Å². The number of carbonyl (C=O) groups is 3. The van der Waals surface area contributed by atoms with Crippen LogP contribution in [0.4, 0.5) is 23.4 Å². The molecule has 46 heavy (non-hydrogen) atoms. The first-order chi connectivity index (χ1) is 22.0. The van der Waals surface area contributed by atoms with E-state index < -0.39 is 53.3 Å². The Kier molecular flexibility index (Phi) is 7.81. The van der Waals surface area contributed by atoms with Gasteiger partial charge in [0.05, 0.1) is 17.3 Å². The van der Waals surface area contributed by atoms with Gasteiger partial charge < -0.3 is 10.2 Å². The van der Waals surface area contributed by atoms with Crippen molar-refractivity contribution in [3.63, 3.8) is 0 Å². The number of halogens is 4. The lowest BCUT2D eigenvalue weighted by molar-refractivity contribution is -0.137. The third kappa shape index (κ3) is 5.25. The molecule has 234 valence electrons. The van der Waals surface area contributed by atoms with Crippen LogP contribution in [0, 0.1) is 17.1 Å². The molecule has 0 unspecified atom stereocenters. The summed E-state index contributed by atoms with van der Waals surface area (Å²) >= 11 is 0. The fourth-order valence-electron chi connectivity index (χ4n) is 5.90. The summed E-state index contributed by atoms with van der Waals surface area (Å²) in [6.07, 6.45) is -4.23. The first-order valence-electron chi connectivity index (χ1n) is 14.5. The number of hydrogen-bond acceptors (Lipinski definition) is 5. The number of nitriles is 1. The number of aromatic nitrogens is 2. The second-order valence-corrected chi connectivity index (χ2v) is 10.9. The fourth-order valence-corrected chi connectivity index (χ4v) is 5.90. The second kappa shape index (κ2) is 11.8. The topological polar surface area (TPSA) is 111 Å². The number of fused-ring (bicyclic) bond motifs is 1. The van der Waals surface area contributed by atoms with Crippen molar-refractivity contribution in [3.8, 4) is 11.8 Å². The molecular formula is C33H26F4N6O3. The van der Waals surface area contributed by atoms with Gasteiger partial charge in [0.25, 0.3) is 17.7 Å². The summed E-state index contributed by atoms with van der Waals surface area (Å²) in [7, 11) is 0. The minimum atomic E-state index is -4.71. The number of likely N-dealkylation sites (tertiary alicyclic amines) is 1. The predicted molar refractivity (Wildman–Crippen MR) is 158 cm³/mol. The summed E-state index contributed by atoms with van der Waals surface area (Å²) in [5, 5.41) is 16.9. The van der Waals surface area contributed by atoms with Crippen LogP contribution in [0.5, 0.6) is 0 Å². The fraction of sp³-hybridized carbons (Fsp3) is 0.242. The van der Waals surface area contributed by atoms with Gasteiger partial charge in [0.1, 0.15) is 23.7 Å². The van der Waals surface area contributed by atoms with Crippen LogP contribution in [0.2, 0.25) is 0 Å². The second-order valence-electron chi connectivity index (χ2n) is 10.9. The molecule has 0 aliphatic carbocycles. The van der Waals surface area contributed by atoms with Crippen LogP contribution in [-0.2, 0) is 11.0 Å². The normalized spacial score (nSPS) is 19.2. The van der Waals surface area contributed by atoms with Crippen LogP contribution in [-0.4, -0.2) is 57.6 Å². The molecule has 0 spiro atoms. The molecule has 3 atom stereocenters. The zero-order valence-electron chi connectivity index (χ0n) is 24.3.